The van der Waals surface area contributed by atoms with Gasteiger partial charge in [-0.1, -0.05) is 6.92 Å². The monoisotopic (exact) mass is 292 g/mol. The molecule has 10 heteroatoms. The predicted molar refractivity (Wildman–Crippen MR) is 56.8 cm³/mol. The summed E-state index contributed by atoms with van der Waals surface area (Å²) in [5.41, 5.74) is 1.52. The Labute approximate surface area is 103 Å². The molecule has 0 aromatic carbocycles. The number of halogens is 3. The lowest BCUT2D eigenvalue weighted by Gasteiger charge is -2.14. The van der Waals surface area contributed by atoms with Crippen molar-refractivity contribution in [3.63, 3.8) is 0 Å². The highest BCUT2D eigenvalue weighted by molar-refractivity contribution is 7.89. The molecule has 1 unspecified atom stereocenters. The van der Waals surface area contributed by atoms with E-state index in [1.165, 1.54) is 12.4 Å². The maximum atomic E-state index is 11.7. The summed E-state index contributed by atoms with van der Waals surface area (Å²) in [5, 5.41) is 0. The van der Waals surface area contributed by atoms with Crippen LogP contribution in [0.3, 0.4) is 0 Å². The largest absolute Gasteiger partial charge is 0.414 e. The van der Waals surface area contributed by atoms with E-state index in [0.717, 1.165) is 0 Å². The Balaban J connectivity index is 4.12. The van der Waals surface area contributed by atoms with Gasteiger partial charge in [0.2, 0.25) is 10.0 Å². The zero-order valence-electron chi connectivity index (χ0n) is 9.87. The van der Waals surface area contributed by atoms with Gasteiger partial charge in [0.15, 0.2) is 6.61 Å². The number of sulfonamides is 1. The van der Waals surface area contributed by atoms with Crippen molar-refractivity contribution >= 4 is 15.9 Å². The molecule has 1 atom stereocenters. The van der Waals surface area contributed by atoms with Crippen molar-refractivity contribution in [2.45, 2.75) is 32.5 Å². The van der Waals surface area contributed by atoms with Gasteiger partial charge in [-0.3, -0.25) is 9.63 Å². The highest BCUT2D eigenvalue weighted by Gasteiger charge is 2.29. The average Bonchev–Trinajstić information content (AvgIpc) is 2.14. The van der Waals surface area contributed by atoms with E-state index in [1.54, 1.807) is 6.92 Å². The van der Waals surface area contributed by atoms with Crippen LogP contribution in [0.4, 0.5) is 13.2 Å². The van der Waals surface area contributed by atoms with Crippen LogP contribution < -0.4 is 10.2 Å². The minimum atomic E-state index is -4.57. The Morgan fingerprint density at radius 3 is 2.39 bits per heavy atom. The minimum absolute atomic E-state index is 0.173. The molecule has 0 saturated carbocycles. The van der Waals surface area contributed by atoms with Crippen LogP contribution in [0.25, 0.3) is 0 Å². The molecular formula is C8H15F3N2O4S. The Bertz CT molecular complexity index is 369. The number of rotatable bonds is 7. The molecule has 0 saturated heterocycles. The number of carbonyl (C=O) groups excluding carboxylic acids is 1. The van der Waals surface area contributed by atoms with Gasteiger partial charge in [0.05, 0.1) is 11.8 Å². The molecule has 108 valence electrons. The SMILES string of the molecule is CCCS(=O)(=O)NC(C)C(=O)NOCC(F)(F)F. The first-order valence-electron chi connectivity index (χ1n) is 5.06. The highest BCUT2D eigenvalue weighted by Crippen LogP contribution is 2.13. The van der Waals surface area contributed by atoms with Crippen molar-refractivity contribution in [2.75, 3.05) is 12.4 Å². The molecule has 1 amide bonds. The number of hydroxylamine groups is 1. The Kier molecular flexibility index (Phi) is 6.57. The molecule has 0 heterocycles. The molecule has 0 aliphatic carbocycles. The van der Waals surface area contributed by atoms with E-state index >= 15 is 0 Å². The van der Waals surface area contributed by atoms with Crippen molar-refractivity contribution in [2.24, 2.45) is 0 Å². The lowest BCUT2D eigenvalue weighted by Crippen LogP contribution is -2.46. The van der Waals surface area contributed by atoms with Crippen molar-refractivity contribution < 1.29 is 31.2 Å². The molecular weight excluding hydrogens is 277 g/mol. The summed E-state index contributed by atoms with van der Waals surface area (Å²) in [5.74, 6) is -1.17. The summed E-state index contributed by atoms with van der Waals surface area (Å²) in [4.78, 5) is 15.1. The van der Waals surface area contributed by atoms with Gasteiger partial charge in [-0.05, 0) is 13.3 Å². The van der Waals surface area contributed by atoms with Crippen LogP contribution in [-0.4, -0.2) is 38.9 Å². The van der Waals surface area contributed by atoms with Crippen molar-refractivity contribution in [3.05, 3.63) is 0 Å². The summed E-state index contributed by atoms with van der Waals surface area (Å²) in [6.45, 7) is 1.18. The van der Waals surface area contributed by atoms with E-state index < -0.39 is 34.8 Å². The normalized spacial score (nSPS) is 14.3. The van der Waals surface area contributed by atoms with E-state index in [-0.39, 0.29) is 5.75 Å². The smallest absolute Gasteiger partial charge is 0.271 e. The lowest BCUT2D eigenvalue weighted by atomic mass is 10.4. The number of nitrogens with one attached hydrogen (secondary N) is 2. The van der Waals surface area contributed by atoms with E-state index in [4.69, 9.17) is 0 Å². The van der Waals surface area contributed by atoms with Gasteiger partial charge in [-0.15, -0.1) is 0 Å². The maximum Gasteiger partial charge on any atom is 0.414 e. The Morgan fingerprint density at radius 2 is 1.94 bits per heavy atom. The minimum Gasteiger partial charge on any atom is -0.271 e. The first kappa shape index (κ1) is 17.1. The molecule has 0 aromatic rings. The Morgan fingerprint density at radius 1 is 1.39 bits per heavy atom. The standard InChI is InChI=1S/C8H15F3N2O4S/c1-3-4-18(15,16)13-6(2)7(14)12-17-5-8(9,10)11/h6,13H,3-5H2,1-2H3,(H,12,14). The van der Waals surface area contributed by atoms with Crippen LogP contribution in [0.5, 0.6) is 0 Å². The summed E-state index contributed by atoms with van der Waals surface area (Å²) < 4.78 is 59.6. The molecule has 0 radical (unpaired) electrons. The van der Waals surface area contributed by atoms with Crippen LogP contribution in [-0.2, 0) is 19.7 Å². The first-order chi connectivity index (χ1) is 8.07. The molecule has 6 nitrogen and oxygen atoms in total. The fourth-order valence-corrected chi connectivity index (χ4v) is 2.23. The van der Waals surface area contributed by atoms with E-state index in [1.807, 2.05) is 4.72 Å². The van der Waals surface area contributed by atoms with Gasteiger partial charge < -0.3 is 0 Å². The van der Waals surface area contributed by atoms with Gasteiger partial charge in [-0.25, -0.2) is 18.6 Å². The van der Waals surface area contributed by atoms with Gasteiger partial charge in [0, 0.05) is 0 Å². The second kappa shape index (κ2) is 6.90. The number of hydrogen-bond acceptors (Lipinski definition) is 4. The third kappa shape index (κ3) is 8.25. The second-order valence-corrected chi connectivity index (χ2v) is 5.40. The third-order valence-corrected chi connectivity index (χ3v) is 3.29. The maximum absolute atomic E-state index is 11.7. The molecule has 0 aromatic heterocycles. The van der Waals surface area contributed by atoms with Gasteiger partial charge in [0.1, 0.15) is 0 Å². The molecule has 0 aliphatic rings. The summed E-state index contributed by atoms with van der Waals surface area (Å²) >= 11 is 0. The molecule has 0 fully saturated rings. The zero-order valence-corrected chi connectivity index (χ0v) is 10.7. The molecule has 0 rings (SSSR count). The van der Waals surface area contributed by atoms with E-state index in [0.29, 0.717) is 6.42 Å². The summed E-state index contributed by atoms with van der Waals surface area (Å²) in [6, 6.07) is -1.21. The summed E-state index contributed by atoms with van der Waals surface area (Å²) in [7, 11) is -3.62. The molecule has 0 bridgehead atoms. The molecule has 0 aliphatic heterocycles. The topological polar surface area (TPSA) is 84.5 Å². The average molecular weight is 292 g/mol. The van der Waals surface area contributed by atoms with Crippen molar-refractivity contribution in [1.82, 2.24) is 10.2 Å². The van der Waals surface area contributed by atoms with Gasteiger partial charge in [0.25, 0.3) is 5.91 Å². The quantitative estimate of drug-likeness (QED) is 0.662. The third-order valence-electron chi connectivity index (χ3n) is 1.63. The predicted octanol–water partition coefficient (Wildman–Crippen LogP) is 0.314. The van der Waals surface area contributed by atoms with Crippen LogP contribution in [0, 0.1) is 0 Å². The lowest BCUT2D eigenvalue weighted by molar-refractivity contribution is -0.192. The second-order valence-electron chi connectivity index (χ2n) is 3.53. The molecule has 0 spiro atoms. The number of alkyl halides is 3. The van der Waals surface area contributed by atoms with Crippen molar-refractivity contribution in [1.29, 1.82) is 0 Å². The van der Waals surface area contributed by atoms with Crippen LogP contribution in [0.2, 0.25) is 0 Å². The fourth-order valence-electron chi connectivity index (χ4n) is 0.928. The zero-order chi connectivity index (χ0) is 14.4. The molecule has 2 N–H and O–H groups in total. The Hall–Kier alpha value is -0.870. The number of amides is 1. The van der Waals surface area contributed by atoms with E-state index in [2.05, 4.69) is 4.84 Å². The first-order valence-corrected chi connectivity index (χ1v) is 6.71. The molecule has 18 heavy (non-hydrogen) atoms. The van der Waals surface area contributed by atoms with Crippen LogP contribution in [0.15, 0.2) is 0 Å². The van der Waals surface area contributed by atoms with Gasteiger partial charge in [-0.2, -0.15) is 13.2 Å². The number of hydrogen-bond donors (Lipinski definition) is 2. The summed E-state index contributed by atoms with van der Waals surface area (Å²) in [6.07, 6.45) is -4.22. The highest BCUT2D eigenvalue weighted by atomic mass is 32.2. The van der Waals surface area contributed by atoms with Crippen molar-refractivity contribution in [3.8, 4) is 0 Å². The van der Waals surface area contributed by atoms with E-state index in [9.17, 15) is 26.4 Å². The van der Waals surface area contributed by atoms with Gasteiger partial charge >= 0.3 is 6.18 Å². The fraction of sp³-hybridized carbons (Fsp3) is 0.875. The van der Waals surface area contributed by atoms with Crippen LogP contribution >= 0.6 is 0 Å². The van der Waals surface area contributed by atoms with Crippen LogP contribution in [0.1, 0.15) is 20.3 Å². The number of carbonyl (C=O) groups is 1.